The van der Waals surface area contributed by atoms with E-state index in [2.05, 4.69) is 55.3 Å². The molecule has 21 heavy (non-hydrogen) atoms. The van der Waals surface area contributed by atoms with E-state index < -0.39 is 0 Å². The summed E-state index contributed by atoms with van der Waals surface area (Å²) in [5.41, 5.74) is 3.04. The molecule has 0 spiro atoms. The van der Waals surface area contributed by atoms with Crippen LogP contribution >= 0.6 is 0 Å². The molecule has 0 saturated carbocycles. The Balaban J connectivity index is 1.88. The van der Waals surface area contributed by atoms with E-state index in [9.17, 15) is 0 Å². The van der Waals surface area contributed by atoms with Crippen LogP contribution in [0.2, 0.25) is 0 Å². The van der Waals surface area contributed by atoms with Gasteiger partial charge in [-0.15, -0.1) is 0 Å². The van der Waals surface area contributed by atoms with Crippen molar-refractivity contribution in [2.45, 2.75) is 46.6 Å². The highest BCUT2D eigenvalue weighted by Crippen LogP contribution is 2.25. The van der Waals surface area contributed by atoms with Gasteiger partial charge in [-0.2, -0.15) is 0 Å². The molecule has 118 valence electrons. The summed E-state index contributed by atoms with van der Waals surface area (Å²) in [6.45, 7) is 12.7. The minimum Gasteiger partial charge on any atom is -0.317 e. The van der Waals surface area contributed by atoms with Gasteiger partial charge in [0.1, 0.15) is 0 Å². The summed E-state index contributed by atoms with van der Waals surface area (Å²) in [7, 11) is 0. The van der Waals surface area contributed by atoms with E-state index in [4.69, 9.17) is 0 Å². The van der Waals surface area contributed by atoms with Crippen LogP contribution in [0.5, 0.6) is 0 Å². The molecule has 1 aromatic carbocycles. The molecule has 1 aliphatic heterocycles. The van der Waals surface area contributed by atoms with Gasteiger partial charge in [-0.1, -0.05) is 45.0 Å². The molecule has 1 N–H and O–H groups in total. The second kappa shape index (κ2) is 8.55. The van der Waals surface area contributed by atoms with E-state index in [0.29, 0.717) is 0 Å². The Bertz CT molecular complexity index is 406. The van der Waals surface area contributed by atoms with E-state index in [1.54, 1.807) is 0 Å². The van der Waals surface area contributed by atoms with Crippen LogP contribution in [0.15, 0.2) is 24.3 Å². The van der Waals surface area contributed by atoms with Gasteiger partial charge >= 0.3 is 0 Å². The molecule has 0 atom stereocenters. The fraction of sp³-hybridized carbons (Fsp3) is 0.684. The summed E-state index contributed by atoms with van der Waals surface area (Å²) in [4.78, 5) is 2.64. The summed E-state index contributed by atoms with van der Waals surface area (Å²) in [6, 6.07) is 8.98. The Morgan fingerprint density at radius 1 is 1.14 bits per heavy atom. The van der Waals surface area contributed by atoms with Crippen molar-refractivity contribution in [1.29, 1.82) is 0 Å². The highest BCUT2D eigenvalue weighted by atomic mass is 15.1. The van der Waals surface area contributed by atoms with Crippen molar-refractivity contribution in [2.75, 3.05) is 26.2 Å². The molecule has 0 aromatic heterocycles. The van der Waals surface area contributed by atoms with Crippen molar-refractivity contribution < 1.29 is 0 Å². The number of nitrogens with zero attached hydrogens (tertiary/aromatic N) is 1. The molecule has 1 aliphatic rings. The second-order valence-corrected chi connectivity index (χ2v) is 6.73. The maximum atomic E-state index is 3.43. The summed E-state index contributed by atoms with van der Waals surface area (Å²) in [5, 5.41) is 3.43. The number of likely N-dealkylation sites (tertiary alicyclic amines) is 1. The highest BCUT2D eigenvalue weighted by Gasteiger charge is 2.21. The van der Waals surface area contributed by atoms with Crippen LogP contribution in [0.1, 0.15) is 44.7 Å². The molecule has 1 aromatic rings. The van der Waals surface area contributed by atoms with Gasteiger partial charge in [0.05, 0.1) is 0 Å². The van der Waals surface area contributed by atoms with Gasteiger partial charge < -0.3 is 5.32 Å². The Morgan fingerprint density at radius 2 is 1.81 bits per heavy atom. The number of hydrogen-bond donors (Lipinski definition) is 1. The van der Waals surface area contributed by atoms with Gasteiger partial charge in [-0.3, -0.25) is 4.90 Å². The van der Waals surface area contributed by atoms with Crippen LogP contribution < -0.4 is 5.32 Å². The summed E-state index contributed by atoms with van der Waals surface area (Å²) in [6.07, 6.45) is 3.89. The Morgan fingerprint density at radius 3 is 2.43 bits per heavy atom. The third kappa shape index (κ3) is 5.12. The zero-order valence-corrected chi connectivity index (χ0v) is 14.1. The van der Waals surface area contributed by atoms with Crippen molar-refractivity contribution in [3.63, 3.8) is 0 Å². The summed E-state index contributed by atoms with van der Waals surface area (Å²) < 4.78 is 0. The van der Waals surface area contributed by atoms with Crippen LogP contribution in [0.3, 0.4) is 0 Å². The zero-order valence-electron chi connectivity index (χ0n) is 14.1. The Kier molecular flexibility index (Phi) is 6.72. The van der Waals surface area contributed by atoms with Gasteiger partial charge in [-0.05, 0) is 68.4 Å². The molecule has 0 unspecified atom stereocenters. The molecule has 1 fully saturated rings. The largest absolute Gasteiger partial charge is 0.317 e. The number of benzene rings is 1. The number of hydrogen-bond acceptors (Lipinski definition) is 2. The monoisotopic (exact) mass is 288 g/mol. The van der Waals surface area contributed by atoms with Gasteiger partial charge in [-0.25, -0.2) is 0 Å². The average Bonchev–Trinajstić information content (AvgIpc) is 2.50. The molecular weight excluding hydrogens is 256 g/mol. The van der Waals surface area contributed by atoms with Gasteiger partial charge in [0.15, 0.2) is 0 Å². The molecule has 2 heteroatoms. The molecule has 1 heterocycles. The van der Waals surface area contributed by atoms with Gasteiger partial charge in [0.25, 0.3) is 0 Å². The molecule has 1 saturated heterocycles. The molecule has 0 aliphatic carbocycles. The van der Waals surface area contributed by atoms with Crippen molar-refractivity contribution in [1.82, 2.24) is 10.2 Å². The first-order valence-corrected chi connectivity index (χ1v) is 8.70. The molecule has 0 amide bonds. The van der Waals surface area contributed by atoms with Crippen LogP contribution in [0.25, 0.3) is 0 Å². The molecule has 2 rings (SSSR count). The summed E-state index contributed by atoms with van der Waals surface area (Å²) in [5.74, 6) is 1.78. The van der Waals surface area contributed by atoms with Crippen molar-refractivity contribution in [3.05, 3.63) is 35.4 Å². The fourth-order valence-electron chi connectivity index (χ4n) is 3.37. The highest BCUT2D eigenvalue weighted by molar-refractivity contribution is 5.27. The first-order chi connectivity index (χ1) is 10.2. The minimum absolute atomic E-state index is 0.847. The third-order valence-corrected chi connectivity index (χ3v) is 4.91. The predicted octanol–water partition coefficient (Wildman–Crippen LogP) is 3.71. The smallest absolute Gasteiger partial charge is 0.0236 e. The molecule has 2 nitrogen and oxygen atoms in total. The predicted molar refractivity (Wildman–Crippen MR) is 91.5 cm³/mol. The number of likely N-dealkylation sites (N-methyl/N-ethyl adjacent to an activating group) is 1. The van der Waals surface area contributed by atoms with Crippen LogP contribution in [-0.4, -0.2) is 31.1 Å². The summed E-state index contributed by atoms with van der Waals surface area (Å²) >= 11 is 0. The topological polar surface area (TPSA) is 15.3 Å². The maximum Gasteiger partial charge on any atom is 0.0236 e. The van der Waals surface area contributed by atoms with E-state index in [1.165, 1.54) is 37.1 Å². The lowest BCUT2D eigenvalue weighted by molar-refractivity contribution is 0.151. The normalized spacial score (nSPS) is 17.5. The lowest BCUT2D eigenvalue weighted by Gasteiger charge is -2.34. The van der Waals surface area contributed by atoms with Crippen molar-refractivity contribution in [3.8, 4) is 0 Å². The lowest BCUT2D eigenvalue weighted by Crippen LogP contribution is -2.35. The minimum atomic E-state index is 0.847. The van der Waals surface area contributed by atoms with Crippen LogP contribution in [0.4, 0.5) is 0 Å². The molecular formula is C19H32N2. The zero-order chi connectivity index (χ0) is 15.1. The third-order valence-electron chi connectivity index (χ3n) is 4.91. The van der Waals surface area contributed by atoms with E-state index in [-0.39, 0.29) is 0 Å². The van der Waals surface area contributed by atoms with E-state index in [0.717, 1.165) is 37.9 Å². The first-order valence-electron chi connectivity index (χ1n) is 8.70. The lowest BCUT2D eigenvalue weighted by atomic mass is 9.86. The average molecular weight is 288 g/mol. The number of nitrogens with one attached hydrogen (secondary N) is 1. The van der Waals surface area contributed by atoms with E-state index in [1.807, 2.05) is 0 Å². The Labute approximate surface area is 130 Å². The van der Waals surface area contributed by atoms with Crippen molar-refractivity contribution in [2.24, 2.45) is 11.8 Å². The van der Waals surface area contributed by atoms with Crippen molar-refractivity contribution >= 4 is 0 Å². The number of rotatable bonds is 7. The molecule has 0 radical (unpaired) electrons. The quantitative estimate of drug-likeness (QED) is 0.770. The second-order valence-electron chi connectivity index (χ2n) is 6.73. The van der Waals surface area contributed by atoms with E-state index >= 15 is 0 Å². The van der Waals surface area contributed by atoms with Crippen LogP contribution in [0, 0.1) is 11.8 Å². The first kappa shape index (κ1) is 16.5. The van der Waals surface area contributed by atoms with Gasteiger partial charge in [0.2, 0.25) is 0 Å². The maximum absolute atomic E-state index is 3.43. The number of piperidine rings is 1. The van der Waals surface area contributed by atoms with Gasteiger partial charge in [0, 0.05) is 6.54 Å². The van der Waals surface area contributed by atoms with Crippen LogP contribution in [-0.2, 0) is 13.0 Å². The fourth-order valence-corrected chi connectivity index (χ4v) is 3.37. The Hall–Kier alpha value is -0.860. The standard InChI is InChI=1S/C19H32N2/c1-4-20-12-9-18-7-5-6-8-19(18)15-21-13-10-17(11-14-21)16(2)3/h5-8,16-17,20H,4,9-15H2,1-3H3. The SMILES string of the molecule is CCNCCc1ccccc1CN1CCC(C(C)C)CC1. The molecule has 0 bridgehead atoms.